The van der Waals surface area contributed by atoms with Crippen molar-refractivity contribution in [2.75, 3.05) is 11.4 Å². The van der Waals surface area contributed by atoms with E-state index < -0.39 is 12.0 Å². The van der Waals surface area contributed by atoms with E-state index in [1.807, 2.05) is 44.2 Å². The standard InChI is InChI=1S/C15H22N2O3/c1-11(2)14(16)15(20)17(10-6-9-13(18)19)12-7-4-3-5-8-12/h3-5,7-8,11,14H,6,9-10,16H2,1-2H3,(H,18,19)/t14-/m1/s1. The highest BCUT2D eigenvalue weighted by atomic mass is 16.4. The summed E-state index contributed by atoms with van der Waals surface area (Å²) >= 11 is 0. The Labute approximate surface area is 119 Å². The number of hydrogen-bond acceptors (Lipinski definition) is 3. The number of benzene rings is 1. The van der Waals surface area contributed by atoms with Crippen molar-refractivity contribution >= 4 is 17.6 Å². The molecule has 0 aliphatic carbocycles. The Morgan fingerprint density at radius 2 is 1.85 bits per heavy atom. The van der Waals surface area contributed by atoms with Gasteiger partial charge in [-0.25, -0.2) is 0 Å². The molecule has 0 unspecified atom stereocenters. The second kappa shape index (κ2) is 7.65. The van der Waals surface area contributed by atoms with E-state index in [9.17, 15) is 9.59 Å². The summed E-state index contributed by atoms with van der Waals surface area (Å²) in [6, 6.07) is 8.62. The van der Waals surface area contributed by atoms with E-state index in [2.05, 4.69) is 0 Å². The highest BCUT2D eigenvalue weighted by Crippen LogP contribution is 2.17. The first-order chi connectivity index (χ1) is 9.43. The van der Waals surface area contributed by atoms with Gasteiger partial charge in [0.1, 0.15) is 0 Å². The Balaban J connectivity index is 2.84. The SMILES string of the molecule is CC(C)[C@@H](N)C(=O)N(CCCC(=O)O)c1ccccc1. The maximum absolute atomic E-state index is 12.4. The Bertz CT molecular complexity index is 446. The van der Waals surface area contributed by atoms with Crippen molar-refractivity contribution in [1.82, 2.24) is 0 Å². The van der Waals surface area contributed by atoms with E-state index in [4.69, 9.17) is 10.8 Å². The number of para-hydroxylation sites is 1. The molecule has 0 aliphatic rings. The molecule has 0 spiro atoms. The van der Waals surface area contributed by atoms with Gasteiger partial charge in [-0.3, -0.25) is 9.59 Å². The van der Waals surface area contributed by atoms with Crippen molar-refractivity contribution in [3.8, 4) is 0 Å². The van der Waals surface area contributed by atoms with Crippen molar-refractivity contribution in [3.05, 3.63) is 30.3 Å². The molecule has 0 radical (unpaired) electrons. The lowest BCUT2D eigenvalue weighted by Gasteiger charge is -2.27. The number of nitrogens with two attached hydrogens (primary N) is 1. The Morgan fingerprint density at radius 1 is 1.25 bits per heavy atom. The third kappa shape index (κ3) is 4.66. The zero-order valence-corrected chi connectivity index (χ0v) is 12.0. The number of nitrogens with zero attached hydrogens (tertiary/aromatic N) is 1. The molecule has 0 saturated heterocycles. The van der Waals surface area contributed by atoms with Crippen LogP contribution in [0.25, 0.3) is 0 Å². The molecule has 5 heteroatoms. The van der Waals surface area contributed by atoms with Crippen LogP contribution in [0.4, 0.5) is 5.69 Å². The van der Waals surface area contributed by atoms with Crippen molar-refractivity contribution < 1.29 is 14.7 Å². The zero-order chi connectivity index (χ0) is 15.1. The molecule has 1 amide bonds. The van der Waals surface area contributed by atoms with Gasteiger partial charge >= 0.3 is 5.97 Å². The summed E-state index contributed by atoms with van der Waals surface area (Å²) in [6.45, 7) is 4.14. The second-order valence-corrected chi connectivity index (χ2v) is 5.09. The van der Waals surface area contributed by atoms with E-state index in [1.165, 1.54) is 0 Å². The van der Waals surface area contributed by atoms with Gasteiger partial charge in [-0.2, -0.15) is 0 Å². The number of hydrogen-bond donors (Lipinski definition) is 2. The van der Waals surface area contributed by atoms with Crippen LogP contribution in [0, 0.1) is 5.92 Å². The molecule has 20 heavy (non-hydrogen) atoms. The van der Waals surface area contributed by atoms with Crippen molar-refractivity contribution in [2.24, 2.45) is 11.7 Å². The summed E-state index contributed by atoms with van der Waals surface area (Å²) in [7, 11) is 0. The molecular formula is C15H22N2O3. The van der Waals surface area contributed by atoms with Crippen LogP contribution in [0.5, 0.6) is 0 Å². The number of carboxylic acid groups (broad SMARTS) is 1. The molecule has 0 heterocycles. The van der Waals surface area contributed by atoms with Crippen molar-refractivity contribution in [1.29, 1.82) is 0 Å². The smallest absolute Gasteiger partial charge is 0.303 e. The number of anilines is 1. The lowest BCUT2D eigenvalue weighted by molar-refractivity contribution is -0.137. The third-order valence-corrected chi connectivity index (χ3v) is 3.11. The van der Waals surface area contributed by atoms with E-state index in [-0.39, 0.29) is 18.2 Å². The average Bonchev–Trinajstić information content (AvgIpc) is 2.42. The normalized spacial score (nSPS) is 12.2. The van der Waals surface area contributed by atoms with E-state index in [1.54, 1.807) is 4.90 Å². The van der Waals surface area contributed by atoms with Gasteiger partial charge in [0.15, 0.2) is 0 Å². The Morgan fingerprint density at radius 3 is 2.35 bits per heavy atom. The van der Waals surface area contributed by atoms with E-state index in [0.717, 1.165) is 5.69 Å². The quantitative estimate of drug-likeness (QED) is 0.797. The summed E-state index contributed by atoms with van der Waals surface area (Å²) in [5, 5.41) is 8.70. The number of rotatable bonds is 7. The fourth-order valence-corrected chi connectivity index (χ4v) is 1.83. The third-order valence-electron chi connectivity index (χ3n) is 3.11. The van der Waals surface area contributed by atoms with Crippen LogP contribution in [-0.2, 0) is 9.59 Å². The molecule has 0 aliphatic heterocycles. The predicted octanol–water partition coefficient (Wildman–Crippen LogP) is 1.87. The fraction of sp³-hybridized carbons (Fsp3) is 0.467. The highest BCUT2D eigenvalue weighted by Gasteiger charge is 2.24. The molecule has 1 aromatic carbocycles. The Kier molecular flexibility index (Phi) is 6.18. The molecular weight excluding hydrogens is 256 g/mol. The Hall–Kier alpha value is -1.88. The fourth-order valence-electron chi connectivity index (χ4n) is 1.83. The average molecular weight is 278 g/mol. The van der Waals surface area contributed by atoms with Crippen LogP contribution in [0.2, 0.25) is 0 Å². The molecule has 1 aromatic rings. The minimum atomic E-state index is -0.862. The van der Waals surface area contributed by atoms with Gasteiger partial charge in [-0.1, -0.05) is 32.0 Å². The topological polar surface area (TPSA) is 83.6 Å². The molecule has 110 valence electrons. The maximum atomic E-state index is 12.4. The van der Waals surface area contributed by atoms with Crippen LogP contribution >= 0.6 is 0 Å². The molecule has 0 aromatic heterocycles. The van der Waals surface area contributed by atoms with Crippen molar-refractivity contribution in [3.63, 3.8) is 0 Å². The van der Waals surface area contributed by atoms with Crippen LogP contribution in [-0.4, -0.2) is 29.6 Å². The van der Waals surface area contributed by atoms with Gasteiger partial charge in [-0.15, -0.1) is 0 Å². The highest BCUT2D eigenvalue weighted by molar-refractivity contribution is 5.97. The molecule has 0 bridgehead atoms. The minimum absolute atomic E-state index is 0.0352. The van der Waals surface area contributed by atoms with Gasteiger partial charge < -0.3 is 15.7 Å². The summed E-state index contributed by atoms with van der Waals surface area (Å²) < 4.78 is 0. The lowest BCUT2D eigenvalue weighted by Crippen LogP contribution is -2.47. The minimum Gasteiger partial charge on any atom is -0.481 e. The second-order valence-electron chi connectivity index (χ2n) is 5.09. The largest absolute Gasteiger partial charge is 0.481 e. The number of carboxylic acids is 1. The van der Waals surface area contributed by atoms with Crippen molar-refractivity contribution in [2.45, 2.75) is 32.7 Å². The van der Waals surface area contributed by atoms with Gasteiger partial charge in [-0.05, 0) is 24.5 Å². The van der Waals surface area contributed by atoms with Gasteiger partial charge in [0.2, 0.25) is 5.91 Å². The monoisotopic (exact) mass is 278 g/mol. The first-order valence-electron chi connectivity index (χ1n) is 6.77. The lowest BCUT2D eigenvalue weighted by atomic mass is 10.0. The summed E-state index contributed by atoms with van der Waals surface area (Å²) in [5.41, 5.74) is 6.67. The molecule has 1 atom stereocenters. The van der Waals surface area contributed by atoms with Gasteiger partial charge in [0.05, 0.1) is 6.04 Å². The van der Waals surface area contributed by atoms with E-state index in [0.29, 0.717) is 13.0 Å². The van der Waals surface area contributed by atoms with Crippen LogP contribution in [0.3, 0.4) is 0 Å². The van der Waals surface area contributed by atoms with Crippen LogP contribution < -0.4 is 10.6 Å². The molecule has 0 fully saturated rings. The molecule has 1 rings (SSSR count). The van der Waals surface area contributed by atoms with Crippen LogP contribution in [0.1, 0.15) is 26.7 Å². The number of aliphatic carboxylic acids is 1. The first-order valence-corrected chi connectivity index (χ1v) is 6.77. The molecule has 3 N–H and O–H groups in total. The van der Waals surface area contributed by atoms with Gasteiger partial charge in [0.25, 0.3) is 0 Å². The first kappa shape index (κ1) is 16.2. The van der Waals surface area contributed by atoms with Crippen LogP contribution in [0.15, 0.2) is 30.3 Å². The predicted molar refractivity (Wildman–Crippen MR) is 78.5 cm³/mol. The number of amides is 1. The van der Waals surface area contributed by atoms with E-state index >= 15 is 0 Å². The summed E-state index contributed by atoms with van der Waals surface area (Å²) in [5.74, 6) is -0.997. The molecule has 0 saturated carbocycles. The zero-order valence-electron chi connectivity index (χ0n) is 12.0. The number of carbonyl (C=O) groups excluding carboxylic acids is 1. The summed E-state index contributed by atoms with van der Waals surface area (Å²) in [6.07, 6.45) is 0.439. The maximum Gasteiger partial charge on any atom is 0.303 e. The number of carbonyl (C=O) groups is 2. The van der Waals surface area contributed by atoms with Gasteiger partial charge in [0, 0.05) is 18.7 Å². The molecule has 5 nitrogen and oxygen atoms in total. The summed E-state index contributed by atoms with van der Waals surface area (Å²) in [4.78, 5) is 24.6.